The molecule has 0 saturated carbocycles. The lowest BCUT2D eigenvalue weighted by molar-refractivity contribution is 0.201. The van der Waals surface area contributed by atoms with E-state index in [0.29, 0.717) is 5.25 Å². The fraction of sp³-hybridized carbons (Fsp3) is 0.600. The third-order valence-corrected chi connectivity index (χ3v) is 4.62. The van der Waals surface area contributed by atoms with Gasteiger partial charge in [-0.05, 0) is 55.9 Å². The number of thioether (sulfide) groups is 1. The Morgan fingerprint density at radius 3 is 2.83 bits per heavy atom. The molecule has 1 aromatic rings. The third kappa shape index (κ3) is 3.50. The van der Waals surface area contributed by atoms with Gasteiger partial charge in [0.1, 0.15) is 0 Å². The van der Waals surface area contributed by atoms with Crippen LogP contribution in [0.4, 0.5) is 0 Å². The molecule has 0 aliphatic heterocycles. The summed E-state index contributed by atoms with van der Waals surface area (Å²) >= 11 is 1.86. The van der Waals surface area contributed by atoms with Gasteiger partial charge in [0, 0.05) is 15.7 Å². The van der Waals surface area contributed by atoms with Crippen molar-refractivity contribution >= 4 is 11.8 Å². The molecular formula is C15H23NOS. The molecule has 0 bridgehead atoms. The highest BCUT2D eigenvalue weighted by Gasteiger charge is 2.21. The van der Waals surface area contributed by atoms with Gasteiger partial charge >= 0.3 is 0 Å². The van der Waals surface area contributed by atoms with Gasteiger partial charge in [-0.15, -0.1) is 11.8 Å². The number of aliphatic hydroxyl groups is 1. The molecule has 1 aromatic carbocycles. The van der Waals surface area contributed by atoms with E-state index in [9.17, 15) is 5.11 Å². The minimum Gasteiger partial charge on any atom is -0.394 e. The Hall–Kier alpha value is -0.510. The van der Waals surface area contributed by atoms with E-state index in [4.69, 9.17) is 5.73 Å². The zero-order chi connectivity index (χ0) is 13.2. The first-order valence-corrected chi connectivity index (χ1v) is 7.56. The van der Waals surface area contributed by atoms with Crippen molar-refractivity contribution in [3.63, 3.8) is 0 Å². The number of aryl methyl sites for hydroxylation is 2. The van der Waals surface area contributed by atoms with Gasteiger partial charge < -0.3 is 10.8 Å². The van der Waals surface area contributed by atoms with Crippen LogP contribution in [0, 0.1) is 0 Å². The van der Waals surface area contributed by atoms with Crippen molar-refractivity contribution in [1.29, 1.82) is 0 Å². The Balaban J connectivity index is 1.97. The van der Waals surface area contributed by atoms with E-state index in [1.165, 1.54) is 35.3 Å². The first kappa shape index (κ1) is 13.9. The molecule has 0 amide bonds. The Bertz CT molecular complexity index is 417. The maximum atomic E-state index is 9.20. The molecule has 0 radical (unpaired) electrons. The van der Waals surface area contributed by atoms with Gasteiger partial charge in [0.25, 0.3) is 0 Å². The van der Waals surface area contributed by atoms with E-state index in [1.54, 1.807) is 0 Å². The van der Waals surface area contributed by atoms with Crippen LogP contribution in [0.5, 0.6) is 0 Å². The number of hydrogen-bond donors (Lipinski definition) is 2. The van der Waals surface area contributed by atoms with Gasteiger partial charge in [-0.1, -0.05) is 13.0 Å². The van der Waals surface area contributed by atoms with Gasteiger partial charge in [0.15, 0.2) is 0 Å². The predicted molar refractivity (Wildman–Crippen MR) is 78.1 cm³/mol. The third-order valence-electron chi connectivity index (χ3n) is 3.52. The van der Waals surface area contributed by atoms with Gasteiger partial charge in [0.2, 0.25) is 0 Å². The Morgan fingerprint density at radius 1 is 1.39 bits per heavy atom. The average Bonchev–Trinajstić information content (AvgIpc) is 2.75. The van der Waals surface area contributed by atoms with Crippen LogP contribution >= 0.6 is 11.8 Å². The second-order valence-corrected chi connectivity index (χ2v) is 7.24. The van der Waals surface area contributed by atoms with Gasteiger partial charge in [-0.25, -0.2) is 0 Å². The van der Waals surface area contributed by atoms with Crippen LogP contribution in [0.25, 0.3) is 0 Å². The molecule has 0 spiro atoms. The van der Waals surface area contributed by atoms with Crippen LogP contribution in [0.2, 0.25) is 0 Å². The molecule has 18 heavy (non-hydrogen) atoms. The van der Waals surface area contributed by atoms with Crippen LogP contribution in [0.3, 0.4) is 0 Å². The van der Waals surface area contributed by atoms with E-state index in [-0.39, 0.29) is 6.61 Å². The van der Waals surface area contributed by atoms with Crippen LogP contribution in [-0.4, -0.2) is 22.5 Å². The molecule has 0 heterocycles. The molecule has 1 aliphatic rings. The van der Waals surface area contributed by atoms with Crippen LogP contribution in [0.15, 0.2) is 23.1 Å². The summed E-state index contributed by atoms with van der Waals surface area (Å²) in [6.45, 7) is 4.13. The molecule has 2 unspecified atom stereocenters. The lowest BCUT2D eigenvalue weighted by Crippen LogP contribution is -2.42. The summed E-state index contributed by atoms with van der Waals surface area (Å²) in [5.74, 6) is 0. The predicted octanol–water partition coefficient (Wildman–Crippen LogP) is 2.76. The van der Waals surface area contributed by atoms with Crippen molar-refractivity contribution in [3.05, 3.63) is 29.3 Å². The number of nitrogens with two attached hydrogens (primary N) is 1. The highest BCUT2D eigenvalue weighted by Crippen LogP contribution is 2.31. The number of fused-ring (bicyclic) bond motifs is 1. The number of aliphatic hydroxyl groups excluding tert-OH is 1. The molecule has 2 nitrogen and oxygen atoms in total. The van der Waals surface area contributed by atoms with Crippen molar-refractivity contribution in [2.45, 2.75) is 55.2 Å². The number of benzene rings is 1. The first-order chi connectivity index (χ1) is 8.50. The van der Waals surface area contributed by atoms with Crippen molar-refractivity contribution < 1.29 is 5.11 Å². The molecule has 3 heteroatoms. The van der Waals surface area contributed by atoms with E-state index in [2.05, 4.69) is 25.1 Å². The summed E-state index contributed by atoms with van der Waals surface area (Å²) < 4.78 is 0. The Morgan fingerprint density at radius 2 is 2.11 bits per heavy atom. The monoisotopic (exact) mass is 265 g/mol. The average molecular weight is 265 g/mol. The van der Waals surface area contributed by atoms with E-state index >= 15 is 0 Å². The second-order valence-electron chi connectivity index (χ2n) is 5.73. The SMILES string of the molecule is CC(CC(C)(N)CO)Sc1ccc2c(c1)CCC2. The summed E-state index contributed by atoms with van der Waals surface area (Å²) in [6.07, 6.45) is 4.58. The fourth-order valence-electron chi connectivity index (χ4n) is 2.62. The number of hydrogen-bond acceptors (Lipinski definition) is 3. The Labute approximate surface area is 114 Å². The highest BCUT2D eigenvalue weighted by atomic mass is 32.2. The molecule has 1 aliphatic carbocycles. The molecule has 0 fully saturated rings. The molecule has 3 N–H and O–H groups in total. The normalized spacial score (nSPS) is 19.3. The van der Waals surface area contributed by atoms with E-state index < -0.39 is 5.54 Å². The highest BCUT2D eigenvalue weighted by molar-refractivity contribution is 7.99. The second kappa shape index (κ2) is 5.64. The summed E-state index contributed by atoms with van der Waals surface area (Å²) in [7, 11) is 0. The van der Waals surface area contributed by atoms with E-state index in [1.807, 2.05) is 18.7 Å². The van der Waals surface area contributed by atoms with Crippen molar-refractivity contribution in [3.8, 4) is 0 Å². The minimum absolute atomic E-state index is 0.0437. The largest absolute Gasteiger partial charge is 0.394 e. The first-order valence-electron chi connectivity index (χ1n) is 6.68. The zero-order valence-electron chi connectivity index (χ0n) is 11.3. The lowest BCUT2D eigenvalue weighted by Gasteiger charge is -2.25. The molecule has 2 atom stereocenters. The topological polar surface area (TPSA) is 46.2 Å². The standard InChI is InChI=1S/C15H23NOS/c1-11(9-15(2,16)10-17)18-14-7-6-12-4-3-5-13(12)8-14/h6-8,11,17H,3-5,9-10,16H2,1-2H3. The summed E-state index contributed by atoms with van der Waals surface area (Å²) in [5, 5.41) is 9.62. The summed E-state index contributed by atoms with van der Waals surface area (Å²) in [5.41, 5.74) is 8.57. The van der Waals surface area contributed by atoms with Crippen LogP contribution in [0.1, 0.15) is 37.8 Å². The smallest absolute Gasteiger partial charge is 0.0608 e. The fourth-order valence-corrected chi connectivity index (χ4v) is 3.90. The van der Waals surface area contributed by atoms with Crippen LogP contribution in [-0.2, 0) is 12.8 Å². The van der Waals surface area contributed by atoms with Gasteiger partial charge in [-0.2, -0.15) is 0 Å². The molecule has 2 rings (SSSR count). The Kier molecular flexibility index (Phi) is 4.36. The van der Waals surface area contributed by atoms with E-state index in [0.717, 1.165) is 6.42 Å². The van der Waals surface area contributed by atoms with Crippen LogP contribution < -0.4 is 5.73 Å². The van der Waals surface area contributed by atoms with Crippen molar-refractivity contribution in [2.75, 3.05) is 6.61 Å². The summed E-state index contributed by atoms with van der Waals surface area (Å²) in [6, 6.07) is 6.82. The lowest BCUT2D eigenvalue weighted by atomic mass is 9.99. The maximum Gasteiger partial charge on any atom is 0.0608 e. The quantitative estimate of drug-likeness (QED) is 0.805. The zero-order valence-corrected chi connectivity index (χ0v) is 12.1. The maximum absolute atomic E-state index is 9.20. The molecular weight excluding hydrogens is 242 g/mol. The minimum atomic E-state index is -0.469. The molecule has 0 aromatic heterocycles. The van der Waals surface area contributed by atoms with Gasteiger partial charge in [0.05, 0.1) is 6.61 Å². The van der Waals surface area contributed by atoms with Gasteiger partial charge in [-0.3, -0.25) is 0 Å². The summed E-state index contributed by atoms with van der Waals surface area (Å²) in [4.78, 5) is 1.33. The number of rotatable bonds is 5. The molecule has 100 valence electrons. The van der Waals surface area contributed by atoms with Crippen molar-refractivity contribution in [1.82, 2.24) is 0 Å². The molecule has 0 saturated heterocycles. The van der Waals surface area contributed by atoms with Crippen molar-refractivity contribution in [2.24, 2.45) is 5.73 Å².